The maximum Gasteiger partial charge on any atom is 0.113 e. The summed E-state index contributed by atoms with van der Waals surface area (Å²) in [5.74, 6) is 0. The van der Waals surface area contributed by atoms with Crippen LogP contribution in [-0.4, -0.2) is 4.98 Å². The molecule has 1 aromatic heterocycles. The van der Waals surface area contributed by atoms with Crippen molar-refractivity contribution in [2.45, 2.75) is 13.3 Å². The van der Waals surface area contributed by atoms with Crippen LogP contribution in [0, 0.1) is 0 Å². The minimum atomic E-state index is 0.924. The molecule has 2 rings (SSSR count). The number of pyridine rings is 1. The summed E-state index contributed by atoms with van der Waals surface area (Å²) in [7, 11) is 0. The molecule has 0 saturated carbocycles. The number of aromatic nitrogens is 1. The summed E-state index contributed by atoms with van der Waals surface area (Å²) < 4.78 is 0.924. The molecule has 0 atom stereocenters. The van der Waals surface area contributed by atoms with Crippen molar-refractivity contribution < 1.29 is 0 Å². The Morgan fingerprint density at radius 1 is 1.31 bits per heavy atom. The standard InChI is InChI=1S/C11H10BrN/c1-2-8-3-4-10-9(7-8)5-6-13-11(10)12/h3-7H,2H2,1H3. The van der Waals surface area contributed by atoms with Crippen molar-refractivity contribution in [3.05, 3.63) is 40.6 Å². The first-order valence-electron chi connectivity index (χ1n) is 4.34. The smallest absolute Gasteiger partial charge is 0.113 e. The van der Waals surface area contributed by atoms with Gasteiger partial charge in [0.15, 0.2) is 0 Å². The normalized spacial score (nSPS) is 10.6. The van der Waals surface area contributed by atoms with Gasteiger partial charge in [-0.15, -0.1) is 0 Å². The van der Waals surface area contributed by atoms with E-state index >= 15 is 0 Å². The van der Waals surface area contributed by atoms with Crippen LogP contribution in [0.15, 0.2) is 35.1 Å². The lowest BCUT2D eigenvalue weighted by molar-refractivity contribution is 1.14. The molecule has 1 aromatic carbocycles. The Balaban J connectivity index is 2.72. The molecule has 0 saturated heterocycles. The van der Waals surface area contributed by atoms with Gasteiger partial charge in [0.2, 0.25) is 0 Å². The second-order valence-corrected chi connectivity index (χ2v) is 3.76. The number of fused-ring (bicyclic) bond motifs is 1. The summed E-state index contributed by atoms with van der Waals surface area (Å²) in [5.41, 5.74) is 1.37. The largest absolute Gasteiger partial charge is 0.249 e. The van der Waals surface area contributed by atoms with Crippen molar-refractivity contribution in [2.75, 3.05) is 0 Å². The molecule has 2 heteroatoms. The first-order valence-corrected chi connectivity index (χ1v) is 5.13. The van der Waals surface area contributed by atoms with E-state index in [1.54, 1.807) is 0 Å². The van der Waals surface area contributed by atoms with Gasteiger partial charge in [0.1, 0.15) is 4.60 Å². The highest BCUT2D eigenvalue weighted by molar-refractivity contribution is 9.10. The Hall–Kier alpha value is -0.890. The molecule has 66 valence electrons. The molecule has 0 N–H and O–H groups in total. The van der Waals surface area contributed by atoms with Crippen molar-refractivity contribution in [2.24, 2.45) is 0 Å². The van der Waals surface area contributed by atoms with E-state index in [2.05, 4.69) is 46.0 Å². The monoisotopic (exact) mass is 235 g/mol. The van der Waals surface area contributed by atoms with Crippen LogP contribution in [0.3, 0.4) is 0 Å². The van der Waals surface area contributed by atoms with Crippen molar-refractivity contribution in [3.63, 3.8) is 0 Å². The number of hydrogen-bond acceptors (Lipinski definition) is 1. The van der Waals surface area contributed by atoms with Gasteiger partial charge < -0.3 is 0 Å². The fourth-order valence-electron chi connectivity index (χ4n) is 1.41. The topological polar surface area (TPSA) is 12.9 Å². The number of aryl methyl sites for hydroxylation is 1. The summed E-state index contributed by atoms with van der Waals surface area (Å²) in [6.45, 7) is 2.16. The molecule has 0 amide bonds. The van der Waals surface area contributed by atoms with E-state index in [4.69, 9.17) is 0 Å². The molecule has 0 radical (unpaired) electrons. The third-order valence-corrected chi connectivity index (χ3v) is 2.82. The third-order valence-electron chi connectivity index (χ3n) is 2.19. The van der Waals surface area contributed by atoms with Gasteiger partial charge in [-0.25, -0.2) is 4.98 Å². The van der Waals surface area contributed by atoms with Gasteiger partial charge in [-0.2, -0.15) is 0 Å². The lowest BCUT2D eigenvalue weighted by Crippen LogP contribution is -1.82. The highest BCUT2D eigenvalue weighted by Gasteiger charge is 1.98. The van der Waals surface area contributed by atoms with Crippen LogP contribution < -0.4 is 0 Å². The van der Waals surface area contributed by atoms with Crippen molar-refractivity contribution >= 4 is 26.7 Å². The zero-order chi connectivity index (χ0) is 9.26. The summed E-state index contributed by atoms with van der Waals surface area (Å²) in [6, 6.07) is 8.51. The molecule has 0 unspecified atom stereocenters. The summed E-state index contributed by atoms with van der Waals surface area (Å²) >= 11 is 3.43. The van der Waals surface area contributed by atoms with Crippen molar-refractivity contribution in [3.8, 4) is 0 Å². The highest BCUT2D eigenvalue weighted by atomic mass is 79.9. The van der Waals surface area contributed by atoms with Gasteiger partial charge in [0, 0.05) is 11.6 Å². The van der Waals surface area contributed by atoms with E-state index in [-0.39, 0.29) is 0 Å². The molecular weight excluding hydrogens is 226 g/mol. The third kappa shape index (κ3) is 1.59. The van der Waals surface area contributed by atoms with E-state index in [9.17, 15) is 0 Å². The van der Waals surface area contributed by atoms with E-state index in [0.717, 1.165) is 11.0 Å². The lowest BCUT2D eigenvalue weighted by atomic mass is 10.1. The second kappa shape index (κ2) is 3.46. The fourth-order valence-corrected chi connectivity index (χ4v) is 1.89. The maximum absolute atomic E-state index is 4.18. The van der Waals surface area contributed by atoms with Crippen LogP contribution >= 0.6 is 15.9 Å². The number of hydrogen-bond donors (Lipinski definition) is 0. The van der Waals surface area contributed by atoms with E-state index in [1.807, 2.05) is 12.3 Å². The Labute approximate surface area is 85.9 Å². The number of halogens is 1. The first kappa shape index (κ1) is 8.70. The molecule has 1 heterocycles. The minimum absolute atomic E-state index is 0.924. The molecule has 1 nitrogen and oxygen atoms in total. The molecule has 13 heavy (non-hydrogen) atoms. The number of rotatable bonds is 1. The Morgan fingerprint density at radius 2 is 2.15 bits per heavy atom. The fraction of sp³-hybridized carbons (Fsp3) is 0.182. The molecule has 2 aromatic rings. The average Bonchev–Trinajstić information content (AvgIpc) is 2.18. The second-order valence-electron chi connectivity index (χ2n) is 3.01. The molecule has 0 aliphatic rings. The summed E-state index contributed by atoms with van der Waals surface area (Å²) in [5, 5.41) is 2.43. The molecule has 0 aliphatic heterocycles. The first-order chi connectivity index (χ1) is 6.31. The zero-order valence-electron chi connectivity index (χ0n) is 7.42. The Bertz CT molecular complexity index is 437. The van der Waals surface area contributed by atoms with Crippen LogP contribution in [0.2, 0.25) is 0 Å². The average molecular weight is 236 g/mol. The predicted molar refractivity (Wildman–Crippen MR) is 58.8 cm³/mol. The summed E-state index contributed by atoms with van der Waals surface area (Å²) in [4.78, 5) is 4.18. The predicted octanol–water partition coefficient (Wildman–Crippen LogP) is 3.56. The Morgan fingerprint density at radius 3 is 2.92 bits per heavy atom. The van der Waals surface area contributed by atoms with E-state index in [1.165, 1.54) is 16.3 Å². The van der Waals surface area contributed by atoms with E-state index in [0.29, 0.717) is 0 Å². The number of benzene rings is 1. The van der Waals surface area contributed by atoms with Crippen LogP contribution in [0.25, 0.3) is 10.8 Å². The van der Waals surface area contributed by atoms with Gasteiger partial charge in [-0.3, -0.25) is 0 Å². The molecule has 0 fully saturated rings. The molecular formula is C11H10BrN. The van der Waals surface area contributed by atoms with Crippen molar-refractivity contribution in [1.82, 2.24) is 4.98 Å². The van der Waals surface area contributed by atoms with Crippen molar-refractivity contribution in [1.29, 1.82) is 0 Å². The molecule has 0 bridgehead atoms. The number of nitrogens with zero attached hydrogens (tertiary/aromatic N) is 1. The van der Waals surface area contributed by atoms with E-state index < -0.39 is 0 Å². The minimum Gasteiger partial charge on any atom is -0.249 e. The zero-order valence-corrected chi connectivity index (χ0v) is 9.01. The van der Waals surface area contributed by atoms with Gasteiger partial charge in [0.05, 0.1) is 0 Å². The van der Waals surface area contributed by atoms with Crippen LogP contribution in [0.1, 0.15) is 12.5 Å². The van der Waals surface area contributed by atoms with Gasteiger partial charge in [-0.1, -0.05) is 25.1 Å². The van der Waals surface area contributed by atoms with Crippen LogP contribution in [0.5, 0.6) is 0 Å². The van der Waals surface area contributed by atoms with Crippen LogP contribution in [-0.2, 0) is 6.42 Å². The molecule has 0 aliphatic carbocycles. The SMILES string of the molecule is CCc1ccc2c(Br)nccc2c1. The van der Waals surface area contributed by atoms with Gasteiger partial charge in [0.25, 0.3) is 0 Å². The highest BCUT2D eigenvalue weighted by Crippen LogP contribution is 2.22. The molecule has 0 spiro atoms. The van der Waals surface area contributed by atoms with Gasteiger partial charge in [-0.05, 0) is 39.4 Å². The van der Waals surface area contributed by atoms with Gasteiger partial charge >= 0.3 is 0 Å². The quantitative estimate of drug-likeness (QED) is 0.690. The maximum atomic E-state index is 4.18. The lowest BCUT2D eigenvalue weighted by Gasteiger charge is -2.01. The Kier molecular flexibility index (Phi) is 2.32. The summed E-state index contributed by atoms with van der Waals surface area (Å²) in [6.07, 6.45) is 2.90. The van der Waals surface area contributed by atoms with Crippen LogP contribution in [0.4, 0.5) is 0 Å².